The number of carbonyl (C=O) groups is 1. The third-order valence-electron chi connectivity index (χ3n) is 13.6. The highest BCUT2D eigenvalue weighted by molar-refractivity contribution is 5.76. The number of rotatable bonds is 54. The first-order valence-corrected chi connectivity index (χ1v) is 29.3. The number of aliphatic hydroxyl groups is 2. The number of unbranched alkanes of at least 4 members (excludes halogenated alkanes) is 39. The summed E-state index contributed by atoms with van der Waals surface area (Å²) in [4.78, 5) is 12.5. The molecule has 1 amide bonds. The van der Waals surface area contributed by atoms with Gasteiger partial charge < -0.3 is 15.5 Å². The molecular weight excluding hydrogens is 795 g/mol. The van der Waals surface area contributed by atoms with E-state index in [9.17, 15) is 15.0 Å². The predicted octanol–water partition coefficient (Wildman–Crippen LogP) is 19.4. The van der Waals surface area contributed by atoms with Crippen LogP contribution in [0.2, 0.25) is 0 Å². The highest BCUT2D eigenvalue weighted by Gasteiger charge is 2.20. The Labute approximate surface area is 407 Å². The Kier molecular flexibility index (Phi) is 55.2. The molecule has 0 aromatic carbocycles. The molecule has 2 unspecified atom stereocenters. The summed E-state index contributed by atoms with van der Waals surface area (Å²) in [5.41, 5.74) is 0. The van der Waals surface area contributed by atoms with E-state index in [0.29, 0.717) is 12.8 Å². The molecule has 65 heavy (non-hydrogen) atoms. The Morgan fingerprint density at radius 3 is 1.02 bits per heavy atom. The summed E-state index contributed by atoms with van der Waals surface area (Å²) >= 11 is 0. The Morgan fingerprint density at radius 2 is 0.677 bits per heavy atom. The minimum Gasteiger partial charge on any atom is -0.394 e. The van der Waals surface area contributed by atoms with E-state index < -0.39 is 12.1 Å². The third kappa shape index (κ3) is 53.2. The van der Waals surface area contributed by atoms with Gasteiger partial charge in [0, 0.05) is 6.42 Å². The smallest absolute Gasteiger partial charge is 0.220 e. The van der Waals surface area contributed by atoms with Crippen molar-refractivity contribution in [3.05, 3.63) is 48.6 Å². The second kappa shape index (κ2) is 56.7. The zero-order valence-corrected chi connectivity index (χ0v) is 44.0. The fraction of sp³-hybridized carbons (Fsp3) is 0.852. The predicted molar refractivity (Wildman–Crippen MR) is 290 cm³/mol. The zero-order valence-electron chi connectivity index (χ0n) is 44.0. The molecule has 0 spiro atoms. The van der Waals surface area contributed by atoms with Gasteiger partial charge in [0.1, 0.15) is 0 Å². The number of allylic oxidation sites excluding steroid dienone is 8. The maximum absolute atomic E-state index is 12.5. The quantitative estimate of drug-likeness (QED) is 0.0421. The molecule has 0 heterocycles. The topological polar surface area (TPSA) is 69.6 Å². The van der Waals surface area contributed by atoms with E-state index in [1.165, 1.54) is 238 Å². The highest BCUT2D eigenvalue weighted by atomic mass is 16.3. The summed E-state index contributed by atoms with van der Waals surface area (Å²) in [5.74, 6) is -0.0287. The summed E-state index contributed by atoms with van der Waals surface area (Å²) in [6.45, 7) is 4.28. The maximum atomic E-state index is 12.5. The van der Waals surface area contributed by atoms with Crippen LogP contribution >= 0.6 is 0 Å². The van der Waals surface area contributed by atoms with Crippen molar-refractivity contribution in [3.8, 4) is 0 Å². The summed E-state index contributed by atoms with van der Waals surface area (Å²) in [6.07, 6.45) is 78.2. The van der Waals surface area contributed by atoms with Gasteiger partial charge in [-0.3, -0.25) is 4.79 Å². The Morgan fingerprint density at radius 1 is 0.385 bits per heavy atom. The molecule has 4 heteroatoms. The van der Waals surface area contributed by atoms with E-state index in [4.69, 9.17) is 0 Å². The average Bonchev–Trinajstić information content (AvgIpc) is 3.31. The van der Waals surface area contributed by atoms with Crippen LogP contribution < -0.4 is 5.32 Å². The van der Waals surface area contributed by atoms with Gasteiger partial charge in [-0.2, -0.15) is 0 Å². The normalized spacial score (nSPS) is 13.1. The van der Waals surface area contributed by atoms with E-state index in [1.807, 2.05) is 0 Å². The van der Waals surface area contributed by atoms with Gasteiger partial charge in [0.15, 0.2) is 0 Å². The second-order valence-electron chi connectivity index (χ2n) is 20.0. The highest BCUT2D eigenvalue weighted by Crippen LogP contribution is 2.18. The standard InChI is InChI=1S/C61H115NO3/c1-3-5-7-9-11-13-15-17-19-21-23-25-27-29-31-33-35-37-39-41-43-45-47-49-51-53-55-57-61(65)62-59(58-63)60(64)56-54-52-50-48-46-44-42-40-38-36-34-32-30-28-26-24-22-20-18-16-14-12-10-8-6-4-2/h5,7,11,13,17,19,23,25,59-60,63-64H,3-4,6,8-10,12,14-16,18,20-22,24,26-58H2,1-2H3,(H,62,65)/b7-5-,13-11-,19-17-,25-23-. The lowest BCUT2D eigenvalue weighted by molar-refractivity contribution is -0.123. The molecule has 0 aliphatic carbocycles. The van der Waals surface area contributed by atoms with E-state index in [-0.39, 0.29) is 12.5 Å². The van der Waals surface area contributed by atoms with Gasteiger partial charge in [-0.05, 0) is 51.4 Å². The van der Waals surface area contributed by atoms with Crippen molar-refractivity contribution < 1.29 is 15.0 Å². The molecular formula is C61H115NO3. The molecule has 0 bridgehead atoms. The van der Waals surface area contributed by atoms with Crippen molar-refractivity contribution in [1.29, 1.82) is 0 Å². The van der Waals surface area contributed by atoms with E-state index in [1.54, 1.807) is 0 Å². The molecule has 2 atom stereocenters. The first-order chi connectivity index (χ1) is 32.2. The molecule has 0 aliphatic heterocycles. The average molecular weight is 911 g/mol. The molecule has 4 nitrogen and oxygen atoms in total. The molecule has 382 valence electrons. The summed E-state index contributed by atoms with van der Waals surface area (Å²) in [7, 11) is 0. The van der Waals surface area contributed by atoms with Crippen molar-refractivity contribution in [3.63, 3.8) is 0 Å². The lowest BCUT2D eigenvalue weighted by Gasteiger charge is -2.22. The molecule has 0 saturated carbocycles. The monoisotopic (exact) mass is 910 g/mol. The summed E-state index contributed by atoms with van der Waals surface area (Å²) in [6, 6.07) is -0.539. The van der Waals surface area contributed by atoms with Gasteiger partial charge in [-0.1, -0.05) is 306 Å². The number of hydrogen-bond donors (Lipinski definition) is 3. The lowest BCUT2D eigenvalue weighted by Crippen LogP contribution is -2.45. The number of hydrogen-bond acceptors (Lipinski definition) is 3. The third-order valence-corrected chi connectivity index (χ3v) is 13.6. The molecule has 0 aromatic heterocycles. The van der Waals surface area contributed by atoms with E-state index in [0.717, 1.165) is 51.4 Å². The van der Waals surface area contributed by atoms with Crippen LogP contribution in [0.15, 0.2) is 48.6 Å². The molecule has 0 saturated heterocycles. The van der Waals surface area contributed by atoms with Gasteiger partial charge in [-0.25, -0.2) is 0 Å². The van der Waals surface area contributed by atoms with Crippen LogP contribution in [0.1, 0.15) is 316 Å². The van der Waals surface area contributed by atoms with Gasteiger partial charge in [0.25, 0.3) is 0 Å². The number of nitrogens with one attached hydrogen (secondary N) is 1. The number of amides is 1. The van der Waals surface area contributed by atoms with Crippen molar-refractivity contribution in [2.24, 2.45) is 0 Å². The first-order valence-electron chi connectivity index (χ1n) is 29.3. The van der Waals surface area contributed by atoms with Crippen LogP contribution in [0.4, 0.5) is 0 Å². The SMILES string of the molecule is CC/C=C\C/C=C\C/C=C\C/C=C\CCCCCCCCCCCCCCCCC(=O)NC(CO)C(O)CCCCCCCCCCCCCCCCCCCCCCCCCCCC. The van der Waals surface area contributed by atoms with Crippen molar-refractivity contribution in [1.82, 2.24) is 5.32 Å². The van der Waals surface area contributed by atoms with Crippen molar-refractivity contribution in [2.45, 2.75) is 328 Å². The zero-order chi connectivity index (χ0) is 47.0. The van der Waals surface area contributed by atoms with Crippen LogP contribution in [-0.2, 0) is 4.79 Å². The Bertz CT molecular complexity index is 1030. The number of aliphatic hydroxyl groups excluding tert-OH is 2. The Hall–Kier alpha value is -1.65. The van der Waals surface area contributed by atoms with Crippen LogP contribution in [0.25, 0.3) is 0 Å². The van der Waals surface area contributed by atoms with Crippen LogP contribution in [0.3, 0.4) is 0 Å². The van der Waals surface area contributed by atoms with Crippen LogP contribution in [0, 0.1) is 0 Å². The minimum absolute atomic E-state index is 0.0287. The maximum Gasteiger partial charge on any atom is 0.220 e. The lowest BCUT2D eigenvalue weighted by atomic mass is 10.0. The molecule has 0 aromatic rings. The van der Waals surface area contributed by atoms with Gasteiger partial charge >= 0.3 is 0 Å². The fourth-order valence-electron chi connectivity index (χ4n) is 9.18. The second-order valence-corrected chi connectivity index (χ2v) is 20.0. The first kappa shape index (κ1) is 63.4. The largest absolute Gasteiger partial charge is 0.394 e. The van der Waals surface area contributed by atoms with Crippen LogP contribution in [-0.4, -0.2) is 34.9 Å². The molecule has 0 rings (SSSR count). The van der Waals surface area contributed by atoms with Gasteiger partial charge in [0.2, 0.25) is 5.91 Å². The molecule has 3 N–H and O–H groups in total. The van der Waals surface area contributed by atoms with Gasteiger partial charge in [0.05, 0.1) is 18.8 Å². The van der Waals surface area contributed by atoms with Crippen molar-refractivity contribution >= 4 is 5.91 Å². The van der Waals surface area contributed by atoms with E-state index >= 15 is 0 Å². The number of carbonyl (C=O) groups excluding carboxylic acids is 1. The van der Waals surface area contributed by atoms with Crippen LogP contribution in [0.5, 0.6) is 0 Å². The fourth-order valence-corrected chi connectivity index (χ4v) is 9.18. The summed E-state index contributed by atoms with van der Waals surface area (Å²) < 4.78 is 0. The molecule has 0 aliphatic rings. The molecule has 0 radical (unpaired) electrons. The van der Waals surface area contributed by atoms with E-state index in [2.05, 4.69) is 67.8 Å². The van der Waals surface area contributed by atoms with Crippen molar-refractivity contribution in [2.75, 3.05) is 6.61 Å². The minimum atomic E-state index is -0.662. The summed E-state index contributed by atoms with van der Waals surface area (Å²) in [5, 5.41) is 23.4. The molecule has 0 fully saturated rings. The Balaban J connectivity index is 3.44. The van der Waals surface area contributed by atoms with Gasteiger partial charge in [-0.15, -0.1) is 0 Å².